The van der Waals surface area contributed by atoms with Crippen LogP contribution in [0.3, 0.4) is 0 Å². The van der Waals surface area contributed by atoms with Crippen LogP contribution in [0.5, 0.6) is 5.75 Å². The molecule has 0 saturated carbocycles. The number of benzene rings is 1. The Kier molecular flexibility index (Phi) is 4.89. The van der Waals surface area contributed by atoms with Crippen LogP contribution < -0.4 is 15.4 Å². The van der Waals surface area contributed by atoms with Gasteiger partial charge in [-0.2, -0.15) is 0 Å². The topological polar surface area (TPSA) is 41.7 Å². The van der Waals surface area contributed by atoms with Crippen molar-refractivity contribution >= 4 is 5.69 Å². The molecule has 0 unspecified atom stereocenters. The summed E-state index contributed by atoms with van der Waals surface area (Å²) >= 11 is 0. The quantitative estimate of drug-likeness (QED) is 0.916. The van der Waals surface area contributed by atoms with Crippen LogP contribution in [0, 0.1) is 0 Å². The summed E-state index contributed by atoms with van der Waals surface area (Å²) in [5, 5.41) is 0. The molecule has 20 heavy (non-hydrogen) atoms. The summed E-state index contributed by atoms with van der Waals surface area (Å²) in [6, 6.07) is 6.74. The Labute approximate surface area is 122 Å². The fourth-order valence-corrected chi connectivity index (χ4v) is 3.05. The molecule has 112 valence electrons. The summed E-state index contributed by atoms with van der Waals surface area (Å²) in [5.41, 5.74) is 8.48. The Balaban J connectivity index is 2.27. The maximum absolute atomic E-state index is 6.17. The van der Waals surface area contributed by atoms with Crippen molar-refractivity contribution < 1.29 is 4.74 Å². The third kappa shape index (κ3) is 3.07. The number of ether oxygens (including phenoxy) is 1. The second-order valence-corrected chi connectivity index (χ2v) is 5.83. The predicted molar refractivity (Wildman–Crippen MR) is 84.5 cm³/mol. The van der Waals surface area contributed by atoms with Crippen molar-refractivity contribution in [2.45, 2.75) is 31.8 Å². The highest BCUT2D eigenvalue weighted by atomic mass is 16.5. The molecule has 4 nitrogen and oxygen atoms in total. The number of rotatable bonds is 4. The molecular weight excluding hydrogens is 250 g/mol. The lowest BCUT2D eigenvalue weighted by Gasteiger charge is -2.37. The first-order valence-corrected chi connectivity index (χ1v) is 7.38. The Morgan fingerprint density at radius 2 is 2.00 bits per heavy atom. The highest BCUT2D eigenvalue weighted by Crippen LogP contribution is 2.35. The Morgan fingerprint density at radius 3 is 2.55 bits per heavy atom. The second kappa shape index (κ2) is 6.46. The molecule has 0 bridgehead atoms. The van der Waals surface area contributed by atoms with Gasteiger partial charge in [-0.05, 0) is 52.0 Å². The molecule has 0 radical (unpaired) electrons. The van der Waals surface area contributed by atoms with E-state index in [1.807, 2.05) is 19.1 Å². The first-order valence-electron chi connectivity index (χ1n) is 7.38. The van der Waals surface area contributed by atoms with E-state index in [0.717, 1.165) is 24.4 Å². The first-order chi connectivity index (χ1) is 9.54. The zero-order valence-corrected chi connectivity index (χ0v) is 13.1. The van der Waals surface area contributed by atoms with E-state index in [9.17, 15) is 0 Å². The minimum absolute atomic E-state index is 0.0325. The molecule has 2 N–H and O–H groups in total. The number of piperidine rings is 1. The fraction of sp³-hybridized carbons (Fsp3) is 0.625. The monoisotopic (exact) mass is 277 g/mol. The van der Waals surface area contributed by atoms with E-state index in [2.05, 4.69) is 30.0 Å². The van der Waals surface area contributed by atoms with Gasteiger partial charge in [0.2, 0.25) is 0 Å². The van der Waals surface area contributed by atoms with E-state index in [-0.39, 0.29) is 6.04 Å². The molecule has 0 aliphatic carbocycles. The second-order valence-electron chi connectivity index (χ2n) is 5.83. The molecule has 0 aromatic heterocycles. The van der Waals surface area contributed by atoms with E-state index in [1.165, 1.54) is 18.5 Å². The number of hydrogen-bond donors (Lipinski definition) is 1. The molecule has 1 atom stereocenters. The van der Waals surface area contributed by atoms with Gasteiger partial charge in [0.25, 0.3) is 0 Å². The zero-order chi connectivity index (χ0) is 14.7. The van der Waals surface area contributed by atoms with E-state index < -0.39 is 0 Å². The van der Waals surface area contributed by atoms with Gasteiger partial charge in [0.05, 0.1) is 7.11 Å². The summed E-state index contributed by atoms with van der Waals surface area (Å²) in [5.74, 6) is 0.886. The first kappa shape index (κ1) is 15.1. The third-order valence-corrected chi connectivity index (χ3v) is 4.33. The summed E-state index contributed by atoms with van der Waals surface area (Å²) in [6.07, 6.45) is 2.39. The molecule has 1 aliphatic rings. The van der Waals surface area contributed by atoms with Crippen LogP contribution in [0.2, 0.25) is 0 Å². The predicted octanol–water partition coefficient (Wildman–Crippen LogP) is 2.25. The van der Waals surface area contributed by atoms with Crippen LogP contribution in [0.1, 0.15) is 31.4 Å². The number of likely N-dealkylation sites (tertiary alicyclic amines) is 1. The van der Waals surface area contributed by atoms with Gasteiger partial charge in [0.1, 0.15) is 5.75 Å². The van der Waals surface area contributed by atoms with Gasteiger partial charge in [0.15, 0.2) is 0 Å². The Hall–Kier alpha value is -1.26. The molecule has 1 fully saturated rings. The zero-order valence-electron chi connectivity index (χ0n) is 13.1. The highest BCUT2D eigenvalue weighted by molar-refractivity contribution is 5.61. The summed E-state index contributed by atoms with van der Waals surface area (Å²) < 4.78 is 5.49. The molecule has 4 heteroatoms. The van der Waals surface area contributed by atoms with Crippen molar-refractivity contribution in [2.75, 3.05) is 39.2 Å². The van der Waals surface area contributed by atoms with E-state index >= 15 is 0 Å². The lowest BCUT2D eigenvalue weighted by atomic mass is 9.99. The molecule has 0 spiro atoms. The standard InChI is InChI=1S/C16H27N3O/c1-12(17)16-14(6-5-7-15(16)20-4)19(3)13-8-10-18(2)11-9-13/h5-7,12-13H,8-11,17H2,1-4H3/t12-/m0/s1. The van der Waals surface area contributed by atoms with Crippen LogP contribution in [-0.4, -0.2) is 45.2 Å². The number of nitrogens with zero attached hydrogens (tertiary/aromatic N) is 2. The van der Waals surface area contributed by atoms with Crippen LogP contribution in [0.15, 0.2) is 18.2 Å². The van der Waals surface area contributed by atoms with Crippen LogP contribution in [0.4, 0.5) is 5.69 Å². The fourth-order valence-electron chi connectivity index (χ4n) is 3.05. The normalized spacial score (nSPS) is 18.9. The Morgan fingerprint density at radius 1 is 1.35 bits per heavy atom. The van der Waals surface area contributed by atoms with E-state index in [4.69, 9.17) is 10.5 Å². The van der Waals surface area contributed by atoms with E-state index in [1.54, 1.807) is 7.11 Å². The van der Waals surface area contributed by atoms with Crippen molar-refractivity contribution in [1.82, 2.24) is 4.90 Å². The number of hydrogen-bond acceptors (Lipinski definition) is 4. The third-order valence-electron chi connectivity index (χ3n) is 4.33. The van der Waals surface area contributed by atoms with Crippen molar-refractivity contribution in [3.05, 3.63) is 23.8 Å². The minimum atomic E-state index is -0.0325. The van der Waals surface area contributed by atoms with Gasteiger partial charge < -0.3 is 20.3 Å². The van der Waals surface area contributed by atoms with Crippen LogP contribution in [0.25, 0.3) is 0 Å². The molecule has 1 heterocycles. The van der Waals surface area contributed by atoms with Crippen LogP contribution in [-0.2, 0) is 0 Å². The average Bonchev–Trinajstić information content (AvgIpc) is 2.46. The molecular formula is C16H27N3O. The summed E-state index contributed by atoms with van der Waals surface area (Å²) in [7, 11) is 6.08. The molecule has 1 aliphatic heterocycles. The molecule has 1 aromatic rings. The van der Waals surface area contributed by atoms with Crippen molar-refractivity contribution in [1.29, 1.82) is 0 Å². The maximum atomic E-state index is 6.17. The van der Waals surface area contributed by atoms with E-state index in [0.29, 0.717) is 6.04 Å². The lowest BCUT2D eigenvalue weighted by molar-refractivity contribution is 0.252. The van der Waals surface area contributed by atoms with Gasteiger partial charge in [0, 0.05) is 30.4 Å². The van der Waals surface area contributed by atoms with Crippen molar-refractivity contribution in [3.8, 4) is 5.75 Å². The molecule has 1 aromatic carbocycles. The molecule has 0 amide bonds. The largest absolute Gasteiger partial charge is 0.496 e. The van der Waals surface area contributed by atoms with Crippen molar-refractivity contribution in [3.63, 3.8) is 0 Å². The van der Waals surface area contributed by atoms with Crippen molar-refractivity contribution in [2.24, 2.45) is 5.73 Å². The summed E-state index contributed by atoms with van der Waals surface area (Å²) in [4.78, 5) is 4.77. The molecule has 2 rings (SSSR count). The lowest BCUT2D eigenvalue weighted by Crippen LogP contribution is -2.42. The smallest absolute Gasteiger partial charge is 0.125 e. The summed E-state index contributed by atoms with van der Waals surface area (Å²) in [6.45, 7) is 4.34. The highest BCUT2D eigenvalue weighted by Gasteiger charge is 2.24. The average molecular weight is 277 g/mol. The van der Waals surface area contributed by atoms with Gasteiger partial charge >= 0.3 is 0 Å². The Bertz CT molecular complexity index is 439. The van der Waals surface area contributed by atoms with Gasteiger partial charge in [-0.3, -0.25) is 0 Å². The minimum Gasteiger partial charge on any atom is -0.496 e. The van der Waals surface area contributed by atoms with Crippen LogP contribution >= 0.6 is 0 Å². The molecule has 1 saturated heterocycles. The maximum Gasteiger partial charge on any atom is 0.125 e. The number of nitrogens with two attached hydrogens (primary N) is 1. The van der Waals surface area contributed by atoms with Gasteiger partial charge in [-0.1, -0.05) is 6.07 Å². The van der Waals surface area contributed by atoms with Gasteiger partial charge in [-0.15, -0.1) is 0 Å². The van der Waals surface area contributed by atoms with Gasteiger partial charge in [-0.25, -0.2) is 0 Å². The SMILES string of the molecule is COc1cccc(N(C)C2CCN(C)CC2)c1[C@H](C)N. The number of methoxy groups -OCH3 is 1. The number of anilines is 1.